The van der Waals surface area contributed by atoms with E-state index in [9.17, 15) is 4.39 Å². The summed E-state index contributed by atoms with van der Waals surface area (Å²) in [5.74, 6) is -0.0832. The molecule has 3 nitrogen and oxygen atoms in total. The third-order valence-corrected chi connectivity index (χ3v) is 3.58. The van der Waals surface area contributed by atoms with Crippen molar-refractivity contribution < 1.29 is 9.13 Å². The number of pyridine rings is 1. The molecule has 5 heteroatoms. The average Bonchev–Trinajstić information content (AvgIpc) is 2.46. The van der Waals surface area contributed by atoms with Crippen molar-refractivity contribution >= 4 is 15.9 Å². The van der Waals surface area contributed by atoms with E-state index in [1.54, 1.807) is 12.3 Å². The number of hydrogen-bond acceptors (Lipinski definition) is 3. The topological polar surface area (TPSA) is 34.1 Å². The minimum absolute atomic E-state index is 0.0379. The highest BCUT2D eigenvalue weighted by atomic mass is 79.9. The van der Waals surface area contributed by atoms with Crippen LogP contribution in [0.1, 0.15) is 17.3 Å². The van der Waals surface area contributed by atoms with Crippen molar-refractivity contribution in [3.8, 4) is 5.75 Å². The summed E-state index contributed by atoms with van der Waals surface area (Å²) in [7, 11) is 3.33. The highest BCUT2D eigenvalue weighted by Crippen LogP contribution is 2.22. The van der Waals surface area contributed by atoms with Gasteiger partial charge in [-0.15, -0.1) is 0 Å². The molecule has 0 aliphatic heterocycles. The zero-order valence-electron chi connectivity index (χ0n) is 11.4. The van der Waals surface area contributed by atoms with Gasteiger partial charge in [-0.1, -0.05) is 6.07 Å². The number of rotatable bonds is 5. The Morgan fingerprint density at radius 3 is 2.70 bits per heavy atom. The lowest BCUT2D eigenvalue weighted by atomic mass is 10.0. The summed E-state index contributed by atoms with van der Waals surface area (Å²) < 4.78 is 19.6. The maximum Gasteiger partial charge on any atom is 0.165 e. The fourth-order valence-electron chi connectivity index (χ4n) is 2.02. The third kappa shape index (κ3) is 3.55. The number of nitrogens with one attached hydrogen (secondary N) is 1. The van der Waals surface area contributed by atoms with Gasteiger partial charge < -0.3 is 10.1 Å². The highest BCUT2D eigenvalue weighted by Gasteiger charge is 2.13. The number of halogens is 2. The first-order valence-electron chi connectivity index (χ1n) is 6.25. The van der Waals surface area contributed by atoms with Gasteiger partial charge in [-0.2, -0.15) is 0 Å². The van der Waals surface area contributed by atoms with Gasteiger partial charge in [0.25, 0.3) is 0 Å². The molecule has 1 unspecified atom stereocenters. The predicted molar refractivity (Wildman–Crippen MR) is 80.4 cm³/mol. The molecular weight excluding hydrogens is 323 g/mol. The van der Waals surface area contributed by atoms with Crippen molar-refractivity contribution in [1.82, 2.24) is 10.3 Å². The minimum atomic E-state index is -0.344. The number of ether oxygens (including phenoxy) is 1. The van der Waals surface area contributed by atoms with Crippen LogP contribution in [0.5, 0.6) is 5.75 Å². The smallest absolute Gasteiger partial charge is 0.165 e. The van der Waals surface area contributed by atoms with Crippen LogP contribution in [-0.4, -0.2) is 19.1 Å². The molecule has 1 aromatic carbocycles. The van der Waals surface area contributed by atoms with Gasteiger partial charge in [-0.25, -0.2) is 4.39 Å². The van der Waals surface area contributed by atoms with Crippen LogP contribution in [0.15, 0.2) is 41.0 Å². The molecule has 0 aliphatic rings. The lowest BCUT2D eigenvalue weighted by Gasteiger charge is -2.16. The van der Waals surface area contributed by atoms with E-state index in [0.717, 1.165) is 15.7 Å². The monoisotopic (exact) mass is 338 g/mol. The van der Waals surface area contributed by atoms with Crippen LogP contribution in [0.4, 0.5) is 4.39 Å². The minimum Gasteiger partial charge on any atom is -0.494 e. The van der Waals surface area contributed by atoms with Gasteiger partial charge in [-0.3, -0.25) is 4.98 Å². The Morgan fingerprint density at radius 2 is 2.15 bits per heavy atom. The normalized spacial score (nSPS) is 12.2. The predicted octanol–water partition coefficient (Wildman–Crippen LogP) is 3.50. The largest absolute Gasteiger partial charge is 0.494 e. The lowest BCUT2D eigenvalue weighted by Crippen LogP contribution is -2.20. The Bertz CT molecular complexity index is 575. The Morgan fingerprint density at radius 1 is 1.35 bits per heavy atom. The van der Waals surface area contributed by atoms with Gasteiger partial charge in [0.05, 0.1) is 18.8 Å². The zero-order chi connectivity index (χ0) is 14.5. The van der Waals surface area contributed by atoms with Gasteiger partial charge in [0.15, 0.2) is 11.6 Å². The van der Waals surface area contributed by atoms with Crippen LogP contribution in [0, 0.1) is 5.82 Å². The quantitative estimate of drug-likeness (QED) is 0.905. The molecule has 0 aliphatic carbocycles. The van der Waals surface area contributed by atoms with Crippen LogP contribution in [0.3, 0.4) is 0 Å². The molecule has 106 valence electrons. The second-order valence-electron chi connectivity index (χ2n) is 4.42. The maximum atomic E-state index is 13.7. The van der Waals surface area contributed by atoms with Crippen LogP contribution >= 0.6 is 15.9 Å². The van der Waals surface area contributed by atoms with Crippen molar-refractivity contribution in [2.75, 3.05) is 14.2 Å². The fraction of sp³-hybridized carbons (Fsp3) is 0.267. The van der Waals surface area contributed by atoms with E-state index < -0.39 is 0 Å². The molecule has 1 aromatic heterocycles. The van der Waals surface area contributed by atoms with Gasteiger partial charge in [0.2, 0.25) is 0 Å². The van der Waals surface area contributed by atoms with E-state index in [-0.39, 0.29) is 17.6 Å². The Hall–Kier alpha value is -1.46. The first-order chi connectivity index (χ1) is 9.63. The van der Waals surface area contributed by atoms with E-state index in [1.165, 1.54) is 13.2 Å². The van der Waals surface area contributed by atoms with E-state index in [0.29, 0.717) is 6.42 Å². The zero-order valence-corrected chi connectivity index (χ0v) is 12.9. The molecular formula is C15H16BrFN2O. The average molecular weight is 339 g/mol. The standard InChI is InChI=1S/C15H16BrFN2O/c1-18-14(13-5-4-11(16)9-19-13)8-10-3-6-15(20-2)12(17)7-10/h3-7,9,14,18H,8H2,1-2H3. The van der Waals surface area contributed by atoms with Crippen LogP contribution in [-0.2, 0) is 6.42 Å². The van der Waals surface area contributed by atoms with Crippen molar-refractivity contribution in [3.63, 3.8) is 0 Å². The molecule has 2 rings (SSSR count). The molecule has 0 fully saturated rings. The van der Waals surface area contributed by atoms with Gasteiger partial charge in [0.1, 0.15) is 0 Å². The highest BCUT2D eigenvalue weighted by molar-refractivity contribution is 9.10. The first-order valence-corrected chi connectivity index (χ1v) is 7.04. The molecule has 0 amide bonds. The molecule has 0 radical (unpaired) electrons. The molecule has 20 heavy (non-hydrogen) atoms. The Kier molecular flexibility index (Phi) is 5.09. The number of aromatic nitrogens is 1. The Labute approximate surface area is 126 Å². The summed E-state index contributed by atoms with van der Waals surface area (Å²) in [6, 6.07) is 8.95. The van der Waals surface area contributed by atoms with Crippen LogP contribution in [0.25, 0.3) is 0 Å². The second-order valence-corrected chi connectivity index (χ2v) is 5.33. The van der Waals surface area contributed by atoms with E-state index >= 15 is 0 Å². The second kappa shape index (κ2) is 6.81. The summed E-state index contributed by atoms with van der Waals surface area (Å²) >= 11 is 3.36. The maximum absolute atomic E-state index is 13.7. The Balaban J connectivity index is 2.17. The summed E-state index contributed by atoms with van der Waals surface area (Å²) in [6.45, 7) is 0. The van der Waals surface area contributed by atoms with Crippen molar-refractivity contribution in [2.45, 2.75) is 12.5 Å². The van der Waals surface area contributed by atoms with Crippen LogP contribution in [0.2, 0.25) is 0 Å². The van der Waals surface area contributed by atoms with Crippen molar-refractivity contribution in [2.24, 2.45) is 0 Å². The third-order valence-electron chi connectivity index (χ3n) is 3.11. The molecule has 0 bridgehead atoms. The summed E-state index contributed by atoms with van der Waals surface area (Å²) in [5, 5.41) is 3.20. The fourth-order valence-corrected chi connectivity index (χ4v) is 2.25. The molecule has 0 saturated heterocycles. The molecule has 1 N–H and O–H groups in total. The van der Waals surface area contributed by atoms with Gasteiger partial charge >= 0.3 is 0 Å². The van der Waals surface area contributed by atoms with Gasteiger partial charge in [-0.05, 0) is 59.2 Å². The summed E-state index contributed by atoms with van der Waals surface area (Å²) in [5.41, 5.74) is 1.82. The molecule has 0 saturated carbocycles. The van der Waals surface area contributed by atoms with Crippen molar-refractivity contribution in [3.05, 3.63) is 58.1 Å². The number of nitrogens with zero attached hydrogens (tertiary/aromatic N) is 1. The van der Waals surface area contributed by atoms with Gasteiger partial charge in [0, 0.05) is 10.7 Å². The number of methoxy groups -OCH3 is 1. The molecule has 1 atom stereocenters. The number of likely N-dealkylation sites (N-methyl/N-ethyl adjacent to an activating group) is 1. The molecule has 2 aromatic rings. The SMILES string of the molecule is CNC(Cc1ccc(OC)c(F)c1)c1ccc(Br)cn1. The summed E-state index contributed by atoms with van der Waals surface area (Å²) in [4.78, 5) is 4.37. The molecule has 1 heterocycles. The first kappa shape index (κ1) is 14.9. The van der Waals surface area contributed by atoms with E-state index in [2.05, 4.69) is 26.2 Å². The summed E-state index contributed by atoms with van der Waals surface area (Å²) in [6.07, 6.45) is 2.42. The van der Waals surface area contributed by atoms with Crippen LogP contribution < -0.4 is 10.1 Å². The lowest BCUT2D eigenvalue weighted by molar-refractivity contribution is 0.386. The van der Waals surface area contributed by atoms with E-state index in [1.807, 2.05) is 25.2 Å². The van der Waals surface area contributed by atoms with E-state index in [4.69, 9.17) is 4.74 Å². The van der Waals surface area contributed by atoms with Crippen molar-refractivity contribution in [1.29, 1.82) is 0 Å². The number of hydrogen-bond donors (Lipinski definition) is 1. The number of benzene rings is 1. The molecule has 0 spiro atoms.